The number of anilines is 1. The van der Waals surface area contributed by atoms with E-state index in [9.17, 15) is 9.59 Å². The van der Waals surface area contributed by atoms with Crippen molar-refractivity contribution in [3.05, 3.63) is 29.8 Å². The van der Waals surface area contributed by atoms with Crippen molar-refractivity contribution in [3.63, 3.8) is 0 Å². The van der Waals surface area contributed by atoms with E-state index in [1.807, 2.05) is 27.7 Å². The maximum atomic E-state index is 11.9. The van der Waals surface area contributed by atoms with Gasteiger partial charge in [0.2, 0.25) is 5.91 Å². The fourth-order valence-electron chi connectivity index (χ4n) is 1.28. The van der Waals surface area contributed by atoms with E-state index in [1.54, 1.807) is 24.3 Å². The molecule has 1 aromatic carbocycles. The topological polar surface area (TPSA) is 70.6 Å². The van der Waals surface area contributed by atoms with E-state index < -0.39 is 0 Å². The minimum atomic E-state index is -0.275. The van der Waals surface area contributed by atoms with Crippen LogP contribution < -0.4 is 10.7 Å². The highest BCUT2D eigenvalue weighted by Gasteiger charge is 2.14. The standard InChI is InChI=1S/C15H21N3O2/c1-10(15(3,4)5)17-18-14(20)12-6-8-13(9-7-12)16-11(2)19/h6-9H,1-5H3,(H,16,19)(H,18,20)/b17-10+. The summed E-state index contributed by atoms with van der Waals surface area (Å²) in [5.41, 5.74) is 4.44. The third-order valence-electron chi connectivity index (χ3n) is 2.88. The summed E-state index contributed by atoms with van der Waals surface area (Å²) in [6, 6.07) is 6.64. The van der Waals surface area contributed by atoms with Gasteiger partial charge in [-0.15, -0.1) is 0 Å². The molecule has 0 aliphatic carbocycles. The van der Waals surface area contributed by atoms with Gasteiger partial charge in [0.15, 0.2) is 0 Å². The van der Waals surface area contributed by atoms with E-state index in [1.165, 1.54) is 6.92 Å². The van der Waals surface area contributed by atoms with E-state index in [0.717, 1.165) is 5.71 Å². The van der Waals surface area contributed by atoms with Gasteiger partial charge in [0.25, 0.3) is 5.91 Å². The predicted molar refractivity (Wildman–Crippen MR) is 80.8 cm³/mol. The van der Waals surface area contributed by atoms with Crippen molar-refractivity contribution in [2.24, 2.45) is 10.5 Å². The second kappa shape index (κ2) is 6.32. The number of hydrazone groups is 1. The molecule has 1 aromatic rings. The van der Waals surface area contributed by atoms with Crippen molar-refractivity contribution < 1.29 is 9.59 Å². The lowest BCUT2D eigenvalue weighted by atomic mass is 9.91. The molecule has 2 N–H and O–H groups in total. The molecule has 0 aliphatic heterocycles. The Kier molecular flexibility index (Phi) is 5.02. The fourth-order valence-corrected chi connectivity index (χ4v) is 1.28. The van der Waals surface area contributed by atoms with E-state index in [0.29, 0.717) is 11.3 Å². The monoisotopic (exact) mass is 275 g/mol. The van der Waals surface area contributed by atoms with Crippen molar-refractivity contribution in [1.82, 2.24) is 5.43 Å². The van der Waals surface area contributed by atoms with E-state index in [-0.39, 0.29) is 17.2 Å². The van der Waals surface area contributed by atoms with Gasteiger partial charge >= 0.3 is 0 Å². The Morgan fingerprint density at radius 2 is 1.60 bits per heavy atom. The molecule has 2 amide bonds. The van der Waals surface area contributed by atoms with Crippen LogP contribution in [0.15, 0.2) is 29.4 Å². The minimum Gasteiger partial charge on any atom is -0.326 e. The average Bonchev–Trinajstić information content (AvgIpc) is 2.34. The molecule has 0 bridgehead atoms. The fraction of sp³-hybridized carbons (Fsp3) is 0.400. The first-order valence-electron chi connectivity index (χ1n) is 6.43. The van der Waals surface area contributed by atoms with Crippen molar-refractivity contribution in [2.45, 2.75) is 34.6 Å². The molecule has 0 heterocycles. The summed E-state index contributed by atoms with van der Waals surface area (Å²) in [6.45, 7) is 9.39. The predicted octanol–water partition coefficient (Wildman–Crippen LogP) is 2.80. The summed E-state index contributed by atoms with van der Waals surface area (Å²) in [4.78, 5) is 22.8. The molecule has 0 atom stereocenters. The summed E-state index contributed by atoms with van der Waals surface area (Å²) >= 11 is 0. The third kappa shape index (κ3) is 4.84. The van der Waals surface area contributed by atoms with Crippen LogP contribution in [-0.4, -0.2) is 17.5 Å². The van der Waals surface area contributed by atoms with Gasteiger partial charge < -0.3 is 5.32 Å². The number of rotatable bonds is 3. The Labute approximate surface area is 119 Å². The molecule has 0 saturated heterocycles. The Balaban J connectivity index is 2.72. The number of hydrogen-bond donors (Lipinski definition) is 2. The van der Waals surface area contributed by atoms with Gasteiger partial charge in [0.1, 0.15) is 0 Å². The van der Waals surface area contributed by atoms with Crippen molar-refractivity contribution in [2.75, 3.05) is 5.32 Å². The Morgan fingerprint density at radius 1 is 1.05 bits per heavy atom. The Hall–Kier alpha value is -2.17. The molecule has 0 unspecified atom stereocenters. The van der Waals surface area contributed by atoms with Crippen molar-refractivity contribution in [1.29, 1.82) is 0 Å². The van der Waals surface area contributed by atoms with E-state index >= 15 is 0 Å². The van der Waals surface area contributed by atoms with Crippen LogP contribution in [0.2, 0.25) is 0 Å². The van der Waals surface area contributed by atoms with Gasteiger partial charge in [-0.3, -0.25) is 9.59 Å². The van der Waals surface area contributed by atoms with Gasteiger partial charge in [-0.05, 0) is 31.2 Å². The lowest BCUT2D eigenvalue weighted by Gasteiger charge is -2.17. The van der Waals surface area contributed by atoms with Crippen LogP contribution in [-0.2, 0) is 4.79 Å². The van der Waals surface area contributed by atoms with Gasteiger partial charge in [0.05, 0.1) is 0 Å². The molecule has 0 aromatic heterocycles. The van der Waals surface area contributed by atoms with Crippen LogP contribution in [0.4, 0.5) is 5.69 Å². The maximum Gasteiger partial charge on any atom is 0.271 e. The normalized spacial score (nSPS) is 11.9. The molecule has 1 rings (SSSR count). The van der Waals surface area contributed by atoms with Crippen LogP contribution >= 0.6 is 0 Å². The van der Waals surface area contributed by atoms with Crippen LogP contribution in [0.25, 0.3) is 0 Å². The lowest BCUT2D eigenvalue weighted by molar-refractivity contribution is -0.114. The third-order valence-corrected chi connectivity index (χ3v) is 2.88. The van der Waals surface area contributed by atoms with Gasteiger partial charge in [-0.2, -0.15) is 5.10 Å². The molecular formula is C15H21N3O2. The summed E-state index contributed by atoms with van der Waals surface area (Å²) in [5, 5.41) is 6.73. The Morgan fingerprint density at radius 3 is 2.05 bits per heavy atom. The molecule has 20 heavy (non-hydrogen) atoms. The number of nitrogens with one attached hydrogen (secondary N) is 2. The lowest BCUT2D eigenvalue weighted by Crippen LogP contribution is -2.24. The second-order valence-corrected chi connectivity index (χ2v) is 5.65. The van der Waals surface area contributed by atoms with Crippen molar-refractivity contribution in [3.8, 4) is 0 Å². The summed E-state index contributed by atoms with van der Waals surface area (Å²) in [5.74, 6) is -0.421. The molecule has 5 heteroatoms. The summed E-state index contributed by atoms with van der Waals surface area (Å²) in [6.07, 6.45) is 0. The largest absolute Gasteiger partial charge is 0.326 e. The maximum absolute atomic E-state index is 11.9. The molecule has 0 fully saturated rings. The summed E-state index contributed by atoms with van der Waals surface area (Å²) in [7, 11) is 0. The Bertz CT molecular complexity index is 525. The zero-order valence-corrected chi connectivity index (χ0v) is 12.6. The number of carbonyl (C=O) groups excluding carboxylic acids is 2. The number of nitrogens with zero attached hydrogens (tertiary/aromatic N) is 1. The highest BCUT2D eigenvalue weighted by Crippen LogP contribution is 2.15. The minimum absolute atomic E-state index is 0.0808. The molecule has 0 saturated carbocycles. The highest BCUT2D eigenvalue weighted by atomic mass is 16.2. The molecule has 5 nitrogen and oxygen atoms in total. The van der Waals surface area contributed by atoms with Crippen LogP contribution in [0.5, 0.6) is 0 Å². The first-order chi connectivity index (χ1) is 9.20. The molecule has 0 radical (unpaired) electrons. The number of hydrogen-bond acceptors (Lipinski definition) is 3. The first-order valence-corrected chi connectivity index (χ1v) is 6.43. The highest BCUT2D eigenvalue weighted by molar-refractivity contribution is 5.96. The van der Waals surface area contributed by atoms with Crippen LogP contribution in [0.3, 0.4) is 0 Å². The average molecular weight is 275 g/mol. The molecule has 108 valence electrons. The van der Waals surface area contributed by atoms with Crippen LogP contribution in [0, 0.1) is 5.41 Å². The molecule has 0 aliphatic rings. The molecular weight excluding hydrogens is 254 g/mol. The smallest absolute Gasteiger partial charge is 0.271 e. The SMILES string of the molecule is CC(=O)Nc1ccc(C(=O)N/N=C(\C)C(C)(C)C)cc1. The van der Waals surface area contributed by atoms with Crippen LogP contribution in [0.1, 0.15) is 45.0 Å². The van der Waals surface area contributed by atoms with Crippen molar-refractivity contribution >= 4 is 23.2 Å². The van der Waals surface area contributed by atoms with E-state index in [2.05, 4.69) is 15.8 Å². The summed E-state index contributed by atoms with van der Waals surface area (Å²) < 4.78 is 0. The van der Waals surface area contributed by atoms with Gasteiger partial charge in [-0.25, -0.2) is 5.43 Å². The van der Waals surface area contributed by atoms with E-state index in [4.69, 9.17) is 0 Å². The zero-order valence-electron chi connectivity index (χ0n) is 12.6. The van der Waals surface area contributed by atoms with Gasteiger partial charge in [0, 0.05) is 29.3 Å². The number of carbonyl (C=O) groups is 2. The number of benzene rings is 1. The van der Waals surface area contributed by atoms with Gasteiger partial charge in [-0.1, -0.05) is 20.8 Å². The zero-order chi connectivity index (χ0) is 15.3. The quantitative estimate of drug-likeness (QED) is 0.657. The first kappa shape index (κ1) is 15.9. The number of amides is 2. The second-order valence-electron chi connectivity index (χ2n) is 5.65. The molecule has 0 spiro atoms.